The summed E-state index contributed by atoms with van der Waals surface area (Å²) in [5, 5.41) is 10.8. The number of hydrogen-bond donors (Lipinski definition) is 2. The summed E-state index contributed by atoms with van der Waals surface area (Å²) in [4.78, 5) is 31.7. The van der Waals surface area contributed by atoms with Crippen LogP contribution in [0.2, 0.25) is 0 Å². The van der Waals surface area contributed by atoms with Gasteiger partial charge in [0.1, 0.15) is 0 Å². The van der Waals surface area contributed by atoms with Crippen molar-refractivity contribution >= 4 is 17.5 Å². The highest BCUT2D eigenvalue weighted by Gasteiger charge is 2.33. The Hall–Kier alpha value is -1.23. The molecule has 1 heterocycles. The lowest BCUT2D eigenvalue weighted by Gasteiger charge is -2.16. The average molecular weight is 157 g/mol. The van der Waals surface area contributed by atoms with Crippen LogP contribution in [0, 0.1) is 0 Å². The highest BCUT2D eigenvalue weighted by Crippen LogP contribution is 1.98. The molecule has 0 aliphatic carbocycles. The zero-order valence-electron chi connectivity index (χ0n) is 5.66. The van der Waals surface area contributed by atoms with Crippen molar-refractivity contribution in [1.82, 2.24) is 5.32 Å². The van der Waals surface area contributed by atoms with Crippen molar-refractivity contribution in [2.75, 3.05) is 6.54 Å². The van der Waals surface area contributed by atoms with Gasteiger partial charge in [-0.1, -0.05) is 0 Å². The summed E-state index contributed by atoms with van der Waals surface area (Å²) in [7, 11) is 0. The van der Waals surface area contributed by atoms with Crippen LogP contribution in [-0.4, -0.2) is 35.2 Å². The molecule has 1 saturated heterocycles. The molecule has 1 aliphatic heterocycles. The first kappa shape index (κ1) is 7.87. The number of carboxylic acids is 1. The lowest BCUT2D eigenvalue weighted by molar-refractivity contribution is -0.149. The molecule has 0 amide bonds. The van der Waals surface area contributed by atoms with Gasteiger partial charge in [0.2, 0.25) is 11.6 Å². The Balaban J connectivity index is 2.74. The van der Waals surface area contributed by atoms with Crippen molar-refractivity contribution in [3.05, 3.63) is 0 Å². The molecule has 5 heteroatoms. The largest absolute Gasteiger partial charge is 0.480 e. The van der Waals surface area contributed by atoms with Gasteiger partial charge in [0.15, 0.2) is 6.04 Å². The van der Waals surface area contributed by atoms with Gasteiger partial charge in [-0.25, -0.2) is 0 Å². The van der Waals surface area contributed by atoms with Gasteiger partial charge in [-0.05, 0) is 0 Å². The van der Waals surface area contributed by atoms with Crippen molar-refractivity contribution < 1.29 is 19.5 Å². The van der Waals surface area contributed by atoms with E-state index in [1.807, 2.05) is 0 Å². The Morgan fingerprint density at radius 3 is 2.64 bits per heavy atom. The minimum Gasteiger partial charge on any atom is -0.480 e. The SMILES string of the molecule is O=C1CCNC(C(=O)O)C1=O. The second-order valence-corrected chi connectivity index (χ2v) is 2.26. The summed E-state index contributed by atoms with van der Waals surface area (Å²) in [6, 6.07) is -1.32. The van der Waals surface area contributed by atoms with E-state index in [4.69, 9.17) is 5.11 Å². The highest BCUT2D eigenvalue weighted by atomic mass is 16.4. The lowest BCUT2D eigenvalue weighted by atomic mass is 10.0. The summed E-state index contributed by atoms with van der Waals surface area (Å²) in [5.74, 6) is -2.73. The van der Waals surface area contributed by atoms with Gasteiger partial charge in [-0.2, -0.15) is 0 Å². The molecule has 1 unspecified atom stereocenters. The summed E-state index contributed by atoms with van der Waals surface area (Å²) in [6.07, 6.45) is 0.0998. The summed E-state index contributed by atoms with van der Waals surface area (Å²) >= 11 is 0. The van der Waals surface area contributed by atoms with Gasteiger partial charge in [0.25, 0.3) is 0 Å². The Labute approximate surface area is 62.4 Å². The standard InChI is InChI=1S/C6H7NO4/c8-3-1-2-7-4(5(3)9)6(10)11/h4,7H,1-2H2,(H,10,11). The number of ketones is 2. The monoisotopic (exact) mass is 157 g/mol. The molecule has 1 atom stereocenters. The van der Waals surface area contributed by atoms with Crippen LogP contribution in [0.3, 0.4) is 0 Å². The van der Waals surface area contributed by atoms with E-state index in [0.717, 1.165) is 0 Å². The third-order valence-corrected chi connectivity index (χ3v) is 1.48. The van der Waals surface area contributed by atoms with E-state index in [2.05, 4.69) is 5.32 Å². The number of aliphatic carboxylic acids is 1. The zero-order chi connectivity index (χ0) is 8.43. The Morgan fingerprint density at radius 1 is 1.55 bits per heavy atom. The molecule has 0 spiro atoms. The number of piperidine rings is 1. The van der Waals surface area contributed by atoms with E-state index < -0.39 is 23.6 Å². The minimum atomic E-state index is -1.32. The summed E-state index contributed by atoms with van der Waals surface area (Å²) < 4.78 is 0. The quantitative estimate of drug-likeness (QED) is 0.360. The third-order valence-electron chi connectivity index (χ3n) is 1.48. The maximum Gasteiger partial charge on any atom is 0.328 e. The van der Waals surface area contributed by atoms with E-state index in [1.54, 1.807) is 0 Å². The number of hydrogen-bond acceptors (Lipinski definition) is 4. The first-order valence-electron chi connectivity index (χ1n) is 3.16. The van der Waals surface area contributed by atoms with E-state index in [0.29, 0.717) is 0 Å². The molecule has 1 fully saturated rings. The van der Waals surface area contributed by atoms with Crippen molar-refractivity contribution in [2.45, 2.75) is 12.5 Å². The molecule has 0 radical (unpaired) electrons. The topological polar surface area (TPSA) is 83.5 Å². The van der Waals surface area contributed by atoms with E-state index in [9.17, 15) is 14.4 Å². The Bertz CT molecular complexity index is 223. The van der Waals surface area contributed by atoms with E-state index in [1.165, 1.54) is 0 Å². The summed E-state index contributed by atoms with van der Waals surface area (Å²) in [5.41, 5.74) is 0. The Morgan fingerprint density at radius 2 is 2.18 bits per heavy atom. The molecule has 5 nitrogen and oxygen atoms in total. The van der Waals surface area contributed by atoms with Crippen molar-refractivity contribution in [3.8, 4) is 0 Å². The van der Waals surface area contributed by atoms with Crippen LogP contribution in [0.15, 0.2) is 0 Å². The van der Waals surface area contributed by atoms with Crippen LogP contribution in [0.5, 0.6) is 0 Å². The normalized spacial score (nSPS) is 25.3. The molecule has 11 heavy (non-hydrogen) atoms. The van der Waals surface area contributed by atoms with Gasteiger partial charge in [0.05, 0.1) is 0 Å². The zero-order valence-corrected chi connectivity index (χ0v) is 5.66. The predicted molar refractivity (Wildman–Crippen MR) is 34.1 cm³/mol. The molecule has 2 N–H and O–H groups in total. The van der Waals surface area contributed by atoms with Crippen molar-refractivity contribution in [2.24, 2.45) is 0 Å². The van der Waals surface area contributed by atoms with Gasteiger partial charge in [-0.15, -0.1) is 0 Å². The fourth-order valence-corrected chi connectivity index (χ4v) is 0.906. The van der Waals surface area contributed by atoms with Crippen LogP contribution < -0.4 is 5.32 Å². The predicted octanol–water partition coefficient (Wildman–Crippen LogP) is -1.43. The number of carboxylic acid groups (broad SMARTS) is 1. The number of carbonyl (C=O) groups is 3. The fraction of sp³-hybridized carbons (Fsp3) is 0.500. The molecule has 0 aromatic heterocycles. The highest BCUT2D eigenvalue weighted by molar-refractivity contribution is 6.43. The fourth-order valence-electron chi connectivity index (χ4n) is 0.906. The van der Waals surface area contributed by atoms with Crippen LogP contribution >= 0.6 is 0 Å². The number of nitrogens with one attached hydrogen (secondary N) is 1. The van der Waals surface area contributed by atoms with Crippen LogP contribution in [0.1, 0.15) is 6.42 Å². The van der Waals surface area contributed by atoms with Gasteiger partial charge in [-0.3, -0.25) is 19.7 Å². The van der Waals surface area contributed by atoms with Gasteiger partial charge in [0, 0.05) is 13.0 Å². The minimum absolute atomic E-state index is 0.0998. The number of Topliss-reactive ketones (excluding diaryl/α,β-unsaturated/α-hetero) is 2. The number of rotatable bonds is 1. The molecule has 1 rings (SSSR count). The van der Waals surface area contributed by atoms with Crippen LogP contribution in [0.4, 0.5) is 0 Å². The van der Waals surface area contributed by atoms with Gasteiger partial charge >= 0.3 is 5.97 Å². The third kappa shape index (κ3) is 1.43. The summed E-state index contributed by atoms with van der Waals surface area (Å²) in [6.45, 7) is 0.265. The van der Waals surface area contributed by atoms with E-state index >= 15 is 0 Å². The smallest absolute Gasteiger partial charge is 0.328 e. The first-order chi connectivity index (χ1) is 5.13. The maximum absolute atomic E-state index is 10.8. The molecule has 0 aromatic carbocycles. The lowest BCUT2D eigenvalue weighted by Crippen LogP contribution is -2.51. The van der Waals surface area contributed by atoms with E-state index in [-0.39, 0.29) is 13.0 Å². The second kappa shape index (κ2) is 2.79. The van der Waals surface area contributed by atoms with Crippen molar-refractivity contribution in [1.29, 1.82) is 0 Å². The molecule has 0 bridgehead atoms. The Kier molecular flexibility index (Phi) is 2.00. The second-order valence-electron chi connectivity index (χ2n) is 2.26. The average Bonchev–Trinajstić information content (AvgIpc) is 1.94. The maximum atomic E-state index is 10.8. The van der Waals surface area contributed by atoms with Crippen LogP contribution in [-0.2, 0) is 14.4 Å². The molecule has 0 saturated carbocycles. The van der Waals surface area contributed by atoms with Gasteiger partial charge < -0.3 is 5.11 Å². The van der Waals surface area contributed by atoms with Crippen molar-refractivity contribution in [3.63, 3.8) is 0 Å². The molecule has 0 aromatic rings. The molecule has 1 aliphatic rings. The molecular weight excluding hydrogens is 150 g/mol. The van der Waals surface area contributed by atoms with Crippen LogP contribution in [0.25, 0.3) is 0 Å². The first-order valence-corrected chi connectivity index (χ1v) is 3.16. The molecule has 60 valence electrons. The number of carbonyl (C=O) groups excluding carboxylic acids is 2. The molecular formula is C6H7NO4.